The highest BCUT2D eigenvalue weighted by atomic mass is 32.1. The van der Waals surface area contributed by atoms with Gasteiger partial charge < -0.3 is 4.74 Å². The van der Waals surface area contributed by atoms with Crippen molar-refractivity contribution in [3.05, 3.63) is 112 Å². The molecule has 0 bridgehead atoms. The first kappa shape index (κ1) is 27.2. The summed E-state index contributed by atoms with van der Waals surface area (Å²) in [6.07, 6.45) is -2.98. The number of thiazole rings is 2. The van der Waals surface area contributed by atoms with Crippen LogP contribution in [0, 0.1) is 0 Å². The summed E-state index contributed by atoms with van der Waals surface area (Å²) in [7, 11) is 0. The highest BCUT2D eigenvalue weighted by Gasteiger charge is 2.30. The van der Waals surface area contributed by atoms with Gasteiger partial charge in [0, 0.05) is 21.9 Å². The largest absolute Gasteiger partial charge is 0.487 e. The van der Waals surface area contributed by atoms with Crippen LogP contribution in [0.4, 0.5) is 13.2 Å². The second kappa shape index (κ2) is 12.2. The van der Waals surface area contributed by atoms with Gasteiger partial charge in [0.05, 0.1) is 29.6 Å². The van der Waals surface area contributed by atoms with E-state index >= 15 is 0 Å². The molecule has 0 aliphatic heterocycles. The number of rotatable bonds is 9. The van der Waals surface area contributed by atoms with Gasteiger partial charge in [-0.25, -0.2) is 15.4 Å². The minimum atomic E-state index is -4.43. The maximum Gasteiger partial charge on any atom is 0.416 e. The Morgan fingerprint density at radius 3 is 2.30 bits per heavy atom. The highest BCUT2D eigenvalue weighted by Crippen LogP contribution is 2.33. The van der Waals surface area contributed by atoms with Crippen LogP contribution in [-0.2, 0) is 24.0 Å². The van der Waals surface area contributed by atoms with Gasteiger partial charge in [-0.1, -0.05) is 42.5 Å². The Hall–Kier alpha value is -4.35. The molecule has 0 saturated heterocycles. The first-order valence-corrected chi connectivity index (χ1v) is 13.8. The van der Waals surface area contributed by atoms with Crippen molar-refractivity contribution in [3.63, 3.8) is 0 Å². The van der Waals surface area contributed by atoms with Gasteiger partial charge in [0.2, 0.25) is 5.91 Å². The van der Waals surface area contributed by atoms with Crippen LogP contribution in [0.15, 0.2) is 94.7 Å². The number of aromatic nitrogens is 2. The molecule has 2 heterocycles. The number of alkyl halides is 3. The fraction of sp³-hybridized carbons (Fsp3) is 0.103. The van der Waals surface area contributed by atoms with Crippen molar-refractivity contribution in [3.8, 4) is 26.9 Å². The molecule has 1 amide bonds. The van der Waals surface area contributed by atoms with Crippen LogP contribution in [0.3, 0.4) is 0 Å². The molecular weight excluding hydrogens is 557 g/mol. The lowest BCUT2D eigenvalue weighted by Gasteiger charge is -2.07. The van der Waals surface area contributed by atoms with Gasteiger partial charge in [-0.05, 0) is 42.0 Å². The molecule has 11 heteroatoms. The smallest absolute Gasteiger partial charge is 0.416 e. The van der Waals surface area contributed by atoms with Gasteiger partial charge in [-0.15, -0.1) is 22.7 Å². The maximum atomic E-state index is 13.0. The third-order valence-electron chi connectivity index (χ3n) is 5.57. The zero-order valence-electron chi connectivity index (χ0n) is 20.8. The zero-order chi connectivity index (χ0) is 28.0. The summed E-state index contributed by atoms with van der Waals surface area (Å²) in [5.41, 5.74) is 5.17. The van der Waals surface area contributed by atoms with E-state index in [1.54, 1.807) is 34.9 Å². The van der Waals surface area contributed by atoms with Crippen molar-refractivity contribution in [1.29, 1.82) is 0 Å². The molecule has 5 aromatic rings. The molecule has 3 aromatic carbocycles. The summed E-state index contributed by atoms with van der Waals surface area (Å²) in [5, 5.41) is 8.95. The summed E-state index contributed by atoms with van der Waals surface area (Å²) in [6, 6.07) is 22.1. The lowest BCUT2D eigenvalue weighted by atomic mass is 10.1. The summed E-state index contributed by atoms with van der Waals surface area (Å²) in [6.45, 7) is 0.346. The van der Waals surface area contributed by atoms with Gasteiger partial charge in [0.15, 0.2) is 0 Å². The van der Waals surface area contributed by atoms with Gasteiger partial charge in [-0.3, -0.25) is 4.79 Å². The number of benzene rings is 3. The molecule has 0 saturated carbocycles. The van der Waals surface area contributed by atoms with Crippen molar-refractivity contribution >= 4 is 34.8 Å². The maximum absolute atomic E-state index is 13.0. The standard InChI is InChI=1S/C29H21F3N4O2S2/c30-29(31,32)22-8-4-7-21(13-22)28-34-23(17-39-28)14-26(37)36-33-15-19-9-11-25(12-10-19)38-16-24-18-40-27(35-24)20-5-2-1-3-6-20/h1-13,15,17-18H,14,16H2,(H,36,37)/b33-15-. The molecule has 0 aliphatic carbocycles. The Balaban J connectivity index is 1.09. The van der Waals surface area contributed by atoms with Crippen molar-refractivity contribution in [2.45, 2.75) is 19.2 Å². The number of nitrogens with one attached hydrogen (secondary N) is 1. The van der Waals surface area contributed by atoms with Gasteiger partial charge in [-0.2, -0.15) is 18.3 Å². The van der Waals surface area contributed by atoms with Crippen LogP contribution in [0.1, 0.15) is 22.5 Å². The first-order valence-electron chi connectivity index (χ1n) is 12.0. The van der Waals surface area contributed by atoms with Crippen molar-refractivity contribution < 1.29 is 22.7 Å². The molecule has 5 rings (SSSR count). The molecule has 0 radical (unpaired) electrons. The Morgan fingerprint density at radius 2 is 1.55 bits per heavy atom. The minimum Gasteiger partial charge on any atom is -0.487 e. The van der Waals surface area contributed by atoms with Crippen LogP contribution in [0.2, 0.25) is 0 Å². The third-order valence-corrected chi connectivity index (χ3v) is 7.45. The van der Waals surface area contributed by atoms with E-state index in [9.17, 15) is 18.0 Å². The molecule has 1 N–H and O–H groups in total. The van der Waals surface area contributed by atoms with Crippen molar-refractivity contribution in [1.82, 2.24) is 15.4 Å². The first-order chi connectivity index (χ1) is 19.3. The molecule has 40 heavy (non-hydrogen) atoms. The van der Waals surface area contributed by atoms with Crippen LogP contribution >= 0.6 is 22.7 Å². The van der Waals surface area contributed by atoms with Crippen molar-refractivity contribution in [2.24, 2.45) is 5.10 Å². The quantitative estimate of drug-likeness (QED) is 0.148. The number of carbonyl (C=O) groups is 1. The Kier molecular flexibility index (Phi) is 8.32. The van der Waals surface area contributed by atoms with E-state index in [1.807, 2.05) is 47.8 Å². The average molecular weight is 579 g/mol. The van der Waals surface area contributed by atoms with Crippen molar-refractivity contribution in [2.75, 3.05) is 0 Å². The summed E-state index contributed by atoms with van der Waals surface area (Å²) >= 11 is 2.75. The van der Waals surface area contributed by atoms with E-state index in [2.05, 4.69) is 20.5 Å². The highest BCUT2D eigenvalue weighted by molar-refractivity contribution is 7.13. The predicted molar refractivity (Wildman–Crippen MR) is 150 cm³/mol. The fourth-order valence-corrected chi connectivity index (χ4v) is 5.25. The normalized spacial score (nSPS) is 11.6. The Bertz CT molecular complexity index is 1610. The number of amides is 1. The van der Waals surface area contributed by atoms with Crippen LogP contribution in [-0.4, -0.2) is 22.1 Å². The fourth-order valence-electron chi connectivity index (χ4n) is 3.63. The molecule has 0 fully saturated rings. The Morgan fingerprint density at radius 1 is 0.875 bits per heavy atom. The van der Waals surface area contributed by atoms with Crippen LogP contribution < -0.4 is 10.2 Å². The number of halogens is 3. The summed E-state index contributed by atoms with van der Waals surface area (Å²) < 4.78 is 44.8. The number of hydrazone groups is 1. The SMILES string of the molecule is O=C(Cc1csc(-c2cccc(C(F)(F)F)c2)n1)N/N=C\c1ccc(OCc2csc(-c3ccccc3)n2)cc1. The van der Waals surface area contributed by atoms with Crippen LogP contribution in [0.25, 0.3) is 21.1 Å². The summed E-state index contributed by atoms with van der Waals surface area (Å²) in [5.74, 6) is 0.283. The topological polar surface area (TPSA) is 76.5 Å². The monoisotopic (exact) mass is 578 g/mol. The molecule has 6 nitrogen and oxygen atoms in total. The van der Waals surface area contributed by atoms with E-state index in [-0.39, 0.29) is 6.42 Å². The van der Waals surface area contributed by atoms with E-state index in [0.29, 0.717) is 28.6 Å². The number of hydrogen-bond donors (Lipinski definition) is 1. The molecule has 0 spiro atoms. The molecule has 0 unspecified atom stereocenters. The zero-order valence-corrected chi connectivity index (χ0v) is 22.4. The predicted octanol–water partition coefficient (Wildman–Crippen LogP) is 7.22. The van der Waals surface area contributed by atoms with Gasteiger partial charge in [0.1, 0.15) is 22.4 Å². The van der Waals surface area contributed by atoms with E-state index in [4.69, 9.17) is 4.74 Å². The van der Waals surface area contributed by atoms with Gasteiger partial charge in [0.25, 0.3) is 0 Å². The molecule has 0 aliphatic rings. The van der Waals surface area contributed by atoms with Crippen LogP contribution in [0.5, 0.6) is 5.75 Å². The van der Waals surface area contributed by atoms with Gasteiger partial charge >= 0.3 is 6.18 Å². The average Bonchev–Trinajstić information content (AvgIpc) is 3.63. The second-order valence-electron chi connectivity index (χ2n) is 8.56. The minimum absolute atomic E-state index is 0.0534. The number of hydrogen-bond acceptors (Lipinski definition) is 7. The second-order valence-corrected chi connectivity index (χ2v) is 10.3. The molecule has 0 atom stereocenters. The van der Waals surface area contributed by atoms with E-state index in [0.717, 1.165) is 34.0 Å². The number of ether oxygens (including phenoxy) is 1. The lowest BCUT2D eigenvalue weighted by Crippen LogP contribution is -2.19. The lowest BCUT2D eigenvalue weighted by molar-refractivity contribution is -0.137. The van der Waals surface area contributed by atoms with E-state index in [1.165, 1.54) is 23.6 Å². The molecule has 2 aromatic heterocycles. The third kappa shape index (κ3) is 7.19. The number of nitrogens with zero attached hydrogens (tertiary/aromatic N) is 3. The Labute approximate surface area is 235 Å². The molecular formula is C29H21F3N4O2S2. The number of carbonyl (C=O) groups excluding carboxylic acids is 1. The molecule has 202 valence electrons. The van der Waals surface area contributed by atoms with E-state index < -0.39 is 17.6 Å². The summed E-state index contributed by atoms with van der Waals surface area (Å²) in [4.78, 5) is 21.2.